The van der Waals surface area contributed by atoms with Crippen molar-refractivity contribution in [2.75, 3.05) is 37.6 Å². The van der Waals surface area contributed by atoms with Gasteiger partial charge in [-0.15, -0.1) is 11.3 Å². The lowest BCUT2D eigenvalue weighted by Gasteiger charge is -2.35. The number of hydrogen-bond donors (Lipinski definition) is 1. The van der Waals surface area contributed by atoms with Crippen molar-refractivity contribution in [3.8, 4) is 0 Å². The molecular formula is C14H25N5S. The molecule has 0 radical (unpaired) electrons. The highest BCUT2D eigenvalue weighted by Crippen LogP contribution is 2.18. The number of piperazine rings is 1. The van der Waals surface area contributed by atoms with Crippen molar-refractivity contribution in [1.82, 2.24) is 9.88 Å². The molecule has 0 unspecified atom stereocenters. The Morgan fingerprint density at radius 2 is 2.05 bits per heavy atom. The van der Waals surface area contributed by atoms with E-state index in [-0.39, 0.29) is 0 Å². The van der Waals surface area contributed by atoms with Gasteiger partial charge in [-0.1, -0.05) is 26.7 Å². The minimum atomic E-state index is 0.658. The first-order valence-electron chi connectivity index (χ1n) is 7.43. The number of aromatic nitrogens is 1. The summed E-state index contributed by atoms with van der Waals surface area (Å²) in [7, 11) is 0. The molecule has 1 aromatic rings. The van der Waals surface area contributed by atoms with Crippen molar-refractivity contribution < 1.29 is 0 Å². The molecule has 0 aromatic carbocycles. The minimum absolute atomic E-state index is 0.658. The van der Waals surface area contributed by atoms with Crippen LogP contribution >= 0.6 is 11.3 Å². The SMILES string of the molecule is CCC(CC)CN=C(N)N1CCN(c2nccs2)CC1. The summed E-state index contributed by atoms with van der Waals surface area (Å²) >= 11 is 1.69. The molecule has 6 heteroatoms. The van der Waals surface area contributed by atoms with Gasteiger partial charge in [-0.25, -0.2) is 4.98 Å². The van der Waals surface area contributed by atoms with E-state index in [1.165, 1.54) is 12.8 Å². The first-order valence-corrected chi connectivity index (χ1v) is 8.31. The fourth-order valence-electron chi connectivity index (χ4n) is 2.37. The second-order valence-corrected chi connectivity index (χ2v) is 6.04. The summed E-state index contributed by atoms with van der Waals surface area (Å²) in [6, 6.07) is 0. The van der Waals surface area contributed by atoms with Crippen LogP contribution in [0.2, 0.25) is 0 Å². The van der Waals surface area contributed by atoms with E-state index in [9.17, 15) is 0 Å². The molecule has 2 N–H and O–H groups in total. The Labute approximate surface area is 125 Å². The van der Waals surface area contributed by atoms with Crippen molar-refractivity contribution in [3.63, 3.8) is 0 Å². The van der Waals surface area contributed by atoms with Crippen LogP contribution in [0.5, 0.6) is 0 Å². The molecule has 1 aromatic heterocycles. The van der Waals surface area contributed by atoms with Gasteiger partial charge >= 0.3 is 0 Å². The van der Waals surface area contributed by atoms with Gasteiger partial charge in [-0.05, 0) is 5.92 Å². The third kappa shape index (κ3) is 3.85. The smallest absolute Gasteiger partial charge is 0.191 e. The lowest BCUT2D eigenvalue weighted by atomic mass is 10.0. The van der Waals surface area contributed by atoms with Gasteiger partial charge in [-0.3, -0.25) is 4.99 Å². The molecule has 20 heavy (non-hydrogen) atoms. The fourth-order valence-corrected chi connectivity index (χ4v) is 3.07. The largest absolute Gasteiger partial charge is 0.370 e. The van der Waals surface area contributed by atoms with Gasteiger partial charge < -0.3 is 15.5 Å². The van der Waals surface area contributed by atoms with E-state index >= 15 is 0 Å². The summed E-state index contributed by atoms with van der Waals surface area (Å²) in [5.74, 6) is 1.36. The summed E-state index contributed by atoms with van der Waals surface area (Å²) in [6.45, 7) is 9.07. The molecule has 0 atom stereocenters. The van der Waals surface area contributed by atoms with Crippen LogP contribution in [0.15, 0.2) is 16.6 Å². The summed E-state index contributed by atoms with van der Waals surface area (Å²) in [5, 5.41) is 3.13. The molecule has 0 bridgehead atoms. The van der Waals surface area contributed by atoms with Crippen LogP contribution in [0.3, 0.4) is 0 Å². The summed E-state index contributed by atoms with van der Waals surface area (Å²) in [6.07, 6.45) is 4.20. The topological polar surface area (TPSA) is 57.8 Å². The highest BCUT2D eigenvalue weighted by Gasteiger charge is 2.19. The van der Waals surface area contributed by atoms with Gasteiger partial charge in [0.25, 0.3) is 0 Å². The molecule has 1 saturated heterocycles. The van der Waals surface area contributed by atoms with Crippen molar-refractivity contribution >= 4 is 22.4 Å². The Bertz CT molecular complexity index is 405. The van der Waals surface area contributed by atoms with Crippen molar-refractivity contribution in [2.24, 2.45) is 16.6 Å². The van der Waals surface area contributed by atoms with Crippen LogP contribution < -0.4 is 10.6 Å². The van der Waals surface area contributed by atoms with Crippen molar-refractivity contribution in [3.05, 3.63) is 11.6 Å². The Balaban J connectivity index is 1.82. The molecule has 0 saturated carbocycles. The highest BCUT2D eigenvalue weighted by molar-refractivity contribution is 7.13. The number of thiazole rings is 1. The third-order valence-corrected chi connectivity index (χ3v) is 4.79. The predicted molar refractivity (Wildman–Crippen MR) is 86.5 cm³/mol. The average Bonchev–Trinajstić information content (AvgIpc) is 3.02. The number of rotatable bonds is 5. The van der Waals surface area contributed by atoms with E-state index in [2.05, 4.69) is 33.6 Å². The van der Waals surface area contributed by atoms with Gasteiger partial charge in [-0.2, -0.15) is 0 Å². The van der Waals surface area contributed by atoms with E-state index in [4.69, 9.17) is 5.73 Å². The maximum Gasteiger partial charge on any atom is 0.191 e. The fraction of sp³-hybridized carbons (Fsp3) is 0.714. The van der Waals surface area contributed by atoms with Gasteiger partial charge in [0.2, 0.25) is 0 Å². The molecule has 0 aliphatic carbocycles. The molecule has 0 amide bonds. The first kappa shape index (κ1) is 15.1. The van der Waals surface area contributed by atoms with Gasteiger partial charge in [0.15, 0.2) is 11.1 Å². The van der Waals surface area contributed by atoms with E-state index in [0.717, 1.165) is 37.9 Å². The van der Waals surface area contributed by atoms with Crippen molar-refractivity contribution in [2.45, 2.75) is 26.7 Å². The molecule has 0 spiro atoms. The van der Waals surface area contributed by atoms with Gasteiger partial charge in [0.1, 0.15) is 0 Å². The maximum absolute atomic E-state index is 6.11. The third-order valence-electron chi connectivity index (χ3n) is 3.96. The number of hydrogen-bond acceptors (Lipinski definition) is 4. The first-order chi connectivity index (χ1) is 9.74. The zero-order valence-corrected chi connectivity index (χ0v) is 13.3. The zero-order valence-electron chi connectivity index (χ0n) is 12.5. The van der Waals surface area contributed by atoms with E-state index in [1.54, 1.807) is 11.3 Å². The monoisotopic (exact) mass is 295 g/mol. The lowest BCUT2D eigenvalue weighted by molar-refractivity contribution is 0.378. The quantitative estimate of drug-likeness (QED) is 0.667. The van der Waals surface area contributed by atoms with Gasteiger partial charge in [0.05, 0.1) is 0 Å². The zero-order chi connectivity index (χ0) is 14.4. The molecule has 1 aliphatic heterocycles. The lowest BCUT2D eigenvalue weighted by Crippen LogP contribution is -2.51. The maximum atomic E-state index is 6.11. The van der Waals surface area contributed by atoms with Crippen LogP contribution in [0.25, 0.3) is 0 Å². The van der Waals surface area contributed by atoms with Crippen LogP contribution in [0.4, 0.5) is 5.13 Å². The minimum Gasteiger partial charge on any atom is -0.370 e. The molecule has 5 nitrogen and oxygen atoms in total. The molecule has 2 heterocycles. The number of aliphatic imine (C=N–C) groups is 1. The number of guanidine groups is 1. The van der Waals surface area contributed by atoms with E-state index < -0.39 is 0 Å². The van der Waals surface area contributed by atoms with Crippen LogP contribution in [-0.2, 0) is 0 Å². The molecule has 112 valence electrons. The summed E-state index contributed by atoms with van der Waals surface area (Å²) in [5.41, 5.74) is 6.11. The molecule has 2 rings (SSSR count). The standard InChI is InChI=1S/C14H25N5S/c1-3-12(4-2)11-17-13(15)18-6-8-19(9-7-18)14-16-5-10-20-14/h5,10,12H,3-4,6-9,11H2,1-2H3,(H2,15,17). The summed E-state index contributed by atoms with van der Waals surface area (Å²) in [4.78, 5) is 13.4. The second-order valence-electron chi connectivity index (χ2n) is 5.17. The molecular weight excluding hydrogens is 270 g/mol. The van der Waals surface area contributed by atoms with Crippen LogP contribution in [-0.4, -0.2) is 48.6 Å². The van der Waals surface area contributed by atoms with Crippen LogP contribution in [0.1, 0.15) is 26.7 Å². The molecule has 1 fully saturated rings. The normalized spacial score (nSPS) is 17.1. The second kappa shape index (κ2) is 7.47. The predicted octanol–water partition coefficient (Wildman–Crippen LogP) is 2.02. The number of nitrogens with zero attached hydrogens (tertiary/aromatic N) is 4. The number of anilines is 1. The average molecular weight is 295 g/mol. The Hall–Kier alpha value is -1.30. The van der Waals surface area contributed by atoms with Gasteiger partial charge in [0, 0.05) is 44.3 Å². The highest BCUT2D eigenvalue weighted by atomic mass is 32.1. The van der Waals surface area contributed by atoms with E-state index in [1.807, 2.05) is 11.6 Å². The van der Waals surface area contributed by atoms with Crippen molar-refractivity contribution in [1.29, 1.82) is 0 Å². The van der Waals surface area contributed by atoms with Crippen LogP contribution in [0, 0.1) is 5.92 Å². The Morgan fingerprint density at radius 3 is 2.60 bits per heavy atom. The number of nitrogens with two attached hydrogens (primary N) is 1. The van der Waals surface area contributed by atoms with E-state index in [0.29, 0.717) is 11.9 Å². The molecule has 1 aliphatic rings. The Kier molecular flexibility index (Phi) is 5.64. The summed E-state index contributed by atoms with van der Waals surface area (Å²) < 4.78 is 0. The Morgan fingerprint density at radius 1 is 1.35 bits per heavy atom.